The van der Waals surface area contributed by atoms with E-state index in [0.717, 1.165) is 4.47 Å². The maximum atomic E-state index is 12.4. The highest BCUT2D eigenvalue weighted by atomic mass is 79.9. The Morgan fingerprint density at radius 2 is 2.06 bits per heavy atom. The summed E-state index contributed by atoms with van der Waals surface area (Å²) in [6.45, 7) is 0.609. The van der Waals surface area contributed by atoms with E-state index < -0.39 is 16.1 Å². The van der Waals surface area contributed by atoms with Gasteiger partial charge < -0.3 is 9.84 Å². The summed E-state index contributed by atoms with van der Waals surface area (Å²) >= 11 is 3.27. The van der Waals surface area contributed by atoms with Crippen LogP contribution in [-0.2, 0) is 14.8 Å². The van der Waals surface area contributed by atoms with Crippen LogP contribution in [0.1, 0.15) is 0 Å². The maximum Gasteiger partial charge on any atom is 0.243 e. The first-order chi connectivity index (χ1) is 8.55. The van der Waals surface area contributed by atoms with Gasteiger partial charge in [-0.2, -0.15) is 4.31 Å². The molecule has 1 fully saturated rings. The molecule has 0 saturated carbocycles. The number of aliphatic hydroxyl groups is 1. The fourth-order valence-corrected chi connectivity index (χ4v) is 3.69. The zero-order chi connectivity index (χ0) is 13.2. The molecule has 18 heavy (non-hydrogen) atoms. The highest BCUT2D eigenvalue weighted by Crippen LogP contribution is 2.22. The second kappa shape index (κ2) is 5.66. The Labute approximate surface area is 115 Å². The molecule has 0 aliphatic carbocycles. The highest BCUT2D eigenvalue weighted by molar-refractivity contribution is 9.10. The minimum atomic E-state index is -3.57. The zero-order valence-electron chi connectivity index (χ0n) is 9.62. The summed E-state index contributed by atoms with van der Waals surface area (Å²) in [5, 5.41) is 9.22. The third-order valence-corrected chi connectivity index (χ3v) is 5.30. The van der Waals surface area contributed by atoms with Crippen molar-refractivity contribution in [2.24, 2.45) is 0 Å². The molecule has 1 aliphatic heterocycles. The van der Waals surface area contributed by atoms with Gasteiger partial charge >= 0.3 is 0 Å². The van der Waals surface area contributed by atoms with Crippen LogP contribution in [0.3, 0.4) is 0 Å². The molecule has 1 saturated heterocycles. The topological polar surface area (TPSA) is 66.8 Å². The van der Waals surface area contributed by atoms with Crippen molar-refractivity contribution in [2.75, 3.05) is 26.4 Å². The summed E-state index contributed by atoms with van der Waals surface area (Å²) < 4.78 is 32.1. The Balaban J connectivity index is 2.32. The van der Waals surface area contributed by atoms with Gasteiger partial charge in [0.15, 0.2) is 0 Å². The van der Waals surface area contributed by atoms with Gasteiger partial charge in [0.25, 0.3) is 0 Å². The molecule has 7 heteroatoms. The molecular formula is C11H14BrNO4S. The predicted octanol–water partition coefficient (Wildman–Crippen LogP) is 0.831. The lowest BCUT2D eigenvalue weighted by molar-refractivity contribution is 0.0109. The number of hydrogen-bond acceptors (Lipinski definition) is 4. The first-order valence-electron chi connectivity index (χ1n) is 5.51. The average Bonchev–Trinajstić information content (AvgIpc) is 2.39. The van der Waals surface area contributed by atoms with Gasteiger partial charge in [0.05, 0.1) is 30.8 Å². The zero-order valence-corrected chi connectivity index (χ0v) is 12.0. The van der Waals surface area contributed by atoms with E-state index in [4.69, 9.17) is 4.74 Å². The summed E-state index contributed by atoms with van der Waals surface area (Å²) in [5.74, 6) is 0. The van der Waals surface area contributed by atoms with Crippen molar-refractivity contribution in [2.45, 2.75) is 10.9 Å². The van der Waals surface area contributed by atoms with Crippen LogP contribution < -0.4 is 0 Å². The van der Waals surface area contributed by atoms with Gasteiger partial charge in [-0.3, -0.25) is 0 Å². The summed E-state index contributed by atoms with van der Waals surface area (Å²) in [6, 6.07) is 5.95. The van der Waals surface area contributed by atoms with E-state index in [1.54, 1.807) is 24.3 Å². The Hall–Kier alpha value is -0.470. The molecular weight excluding hydrogens is 322 g/mol. The van der Waals surface area contributed by atoms with E-state index in [9.17, 15) is 13.5 Å². The highest BCUT2D eigenvalue weighted by Gasteiger charge is 2.33. The van der Waals surface area contributed by atoms with Gasteiger partial charge in [-0.15, -0.1) is 0 Å². The molecule has 1 aromatic carbocycles. The number of halogens is 1. The van der Waals surface area contributed by atoms with Crippen LogP contribution in [0.4, 0.5) is 0 Å². The minimum absolute atomic E-state index is 0.228. The van der Waals surface area contributed by atoms with Crippen molar-refractivity contribution in [1.29, 1.82) is 0 Å². The van der Waals surface area contributed by atoms with Gasteiger partial charge in [0.1, 0.15) is 0 Å². The van der Waals surface area contributed by atoms with Crippen LogP contribution in [0.25, 0.3) is 0 Å². The molecule has 1 atom stereocenters. The minimum Gasteiger partial charge on any atom is -0.395 e. The Morgan fingerprint density at radius 1 is 1.39 bits per heavy atom. The average molecular weight is 336 g/mol. The van der Waals surface area contributed by atoms with Crippen molar-refractivity contribution < 1.29 is 18.3 Å². The summed E-state index contributed by atoms with van der Waals surface area (Å²) in [4.78, 5) is 0.228. The van der Waals surface area contributed by atoms with Crippen LogP contribution in [-0.4, -0.2) is 50.2 Å². The second-order valence-electron chi connectivity index (χ2n) is 3.98. The summed E-state index contributed by atoms with van der Waals surface area (Å²) in [7, 11) is -3.57. The van der Waals surface area contributed by atoms with E-state index in [0.29, 0.717) is 6.61 Å². The van der Waals surface area contributed by atoms with Gasteiger partial charge in [0.2, 0.25) is 10.0 Å². The molecule has 1 aliphatic rings. The first kappa shape index (κ1) is 14.0. The van der Waals surface area contributed by atoms with E-state index in [1.165, 1.54) is 4.31 Å². The van der Waals surface area contributed by atoms with Gasteiger partial charge in [-0.25, -0.2) is 8.42 Å². The number of benzene rings is 1. The van der Waals surface area contributed by atoms with Crippen molar-refractivity contribution >= 4 is 26.0 Å². The summed E-state index contributed by atoms with van der Waals surface area (Å²) in [6.07, 6.45) is 0. The summed E-state index contributed by atoms with van der Waals surface area (Å²) in [5.41, 5.74) is 0. The van der Waals surface area contributed by atoms with E-state index in [1.807, 2.05) is 0 Å². The quantitative estimate of drug-likeness (QED) is 0.888. The molecule has 0 bridgehead atoms. The molecule has 5 nitrogen and oxygen atoms in total. The first-order valence-corrected chi connectivity index (χ1v) is 7.75. The number of ether oxygens (including phenoxy) is 1. The number of sulfonamides is 1. The lowest BCUT2D eigenvalue weighted by atomic mass is 10.3. The molecule has 0 radical (unpaired) electrons. The van der Waals surface area contributed by atoms with E-state index in [2.05, 4.69) is 15.9 Å². The predicted molar refractivity (Wildman–Crippen MR) is 69.7 cm³/mol. The van der Waals surface area contributed by atoms with Crippen LogP contribution in [0, 0.1) is 0 Å². The largest absolute Gasteiger partial charge is 0.395 e. The molecule has 2 rings (SSSR count). The lowest BCUT2D eigenvalue weighted by Gasteiger charge is -2.33. The fourth-order valence-electron chi connectivity index (χ4n) is 1.84. The molecule has 0 aromatic heterocycles. The number of aliphatic hydroxyl groups excluding tert-OH is 1. The maximum absolute atomic E-state index is 12.4. The van der Waals surface area contributed by atoms with Crippen molar-refractivity contribution in [3.8, 4) is 0 Å². The van der Waals surface area contributed by atoms with Crippen LogP contribution in [0.2, 0.25) is 0 Å². The molecule has 1 aromatic rings. The van der Waals surface area contributed by atoms with Gasteiger partial charge in [-0.1, -0.05) is 15.9 Å². The van der Waals surface area contributed by atoms with Gasteiger partial charge in [-0.05, 0) is 24.3 Å². The fraction of sp³-hybridized carbons (Fsp3) is 0.455. The van der Waals surface area contributed by atoms with Crippen molar-refractivity contribution in [1.82, 2.24) is 4.31 Å². The Kier molecular flexibility index (Phi) is 4.39. The lowest BCUT2D eigenvalue weighted by Crippen LogP contribution is -2.50. The standard InChI is InChI=1S/C11H14BrNO4S/c12-9-1-3-11(4-2-9)18(15,16)13-5-6-17-8-10(13)7-14/h1-4,10,14H,5-8H2. The Morgan fingerprint density at radius 3 is 2.67 bits per heavy atom. The molecule has 0 amide bonds. The monoisotopic (exact) mass is 335 g/mol. The van der Waals surface area contributed by atoms with E-state index >= 15 is 0 Å². The SMILES string of the molecule is O=S(=O)(c1ccc(Br)cc1)N1CCOCC1CO. The molecule has 1 unspecified atom stereocenters. The number of morpholine rings is 1. The smallest absolute Gasteiger partial charge is 0.243 e. The van der Waals surface area contributed by atoms with E-state index in [-0.39, 0.29) is 24.7 Å². The van der Waals surface area contributed by atoms with Crippen LogP contribution >= 0.6 is 15.9 Å². The van der Waals surface area contributed by atoms with Crippen LogP contribution in [0.15, 0.2) is 33.6 Å². The molecule has 0 spiro atoms. The van der Waals surface area contributed by atoms with Crippen molar-refractivity contribution in [3.63, 3.8) is 0 Å². The number of rotatable bonds is 3. The number of hydrogen-bond donors (Lipinski definition) is 1. The van der Waals surface area contributed by atoms with Crippen LogP contribution in [0.5, 0.6) is 0 Å². The third kappa shape index (κ3) is 2.75. The van der Waals surface area contributed by atoms with Gasteiger partial charge in [0, 0.05) is 11.0 Å². The Bertz CT molecular complexity index is 502. The van der Waals surface area contributed by atoms with Crippen molar-refractivity contribution in [3.05, 3.63) is 28.7 Å². The second-order valence-corrected chi connectivity index (χ2v) is 6.79. The molecule has 1 N–H and O–H groups in total. The molecule has 100 valence electrons. The third-order valence-electron chi connectivity index (χ3n) is 2.80. The normalized spacial score (nSPS) is 22.0. The molecule has 1 heterocycles. The number of nitrogens with zero attached hydrogens (tertiary/aromatic N) is 1.